The maximum Gasteiger partial charge on any atom is 0.252 e. The Hall–Kier alpha value is -1.59. The van der Waals surface area contributed by atoms with Crippen molar-refractivity contribution < 1.29 is 9.18 Å². The molecule has 0 fully saturated rings. The molecule has 0 aliphatic rings. The van der Waals surface area contributed by atoms with E-state index in [9.17, 15) is 9.18 Å². The van der Waals surface area contributed by atoms with Crippen LogP contribution in [0.3, 0.4) is 0 Å². The van der Waals surface area contributed by atoms with E-state index >= 15 is 0 Å². The Balaban J connectivity index is 2.17. The van der Waals surface area contributed by atoms with Gasteiger partial charge in [-0.2, -0.15) is 0 Å². The van der Waals surface area contributed by atoms with Crippen molar-refractivity contribution in [1.82, 2.24) is 5.32 Å². The highest BCUT2D eigenvalue weighted by molar-refractivity contribution is 9.10. The Morgan fingerprint density at radius 2 is 2.05 bits per heavy atom. The molecule has 0 heterocycles. The lowest BCUT2D eigenvalue weighted by Gasteiger charge is -2.10. The Labute approximate surface area is 135 Å². The summed E-state index contributed by atoms with van der Waals surface area (Å²) in [5.41, 5.74) is 1.59. The van der Waals surface area contributed by atoms with Crippen molar-refractivity contribution in [1.29, 1.82) is 0 Å². The maximum absolute atomic E-state index is 13.7. The molecule has 1 amide bonds. The minimum absolute atomic E-state index is 0.266. The average molecular weight is 372 g/mol. The van der Waals surface area contributed by atoms with Gasteiger partial charge in [0.05, 0.1) is 10.6 Å². The molecule has 0 unspecified atom stereocenters. The molecule has 0 spiro atoms. The number of nitrogens with one attached hydrogen (secondary N) is 2. The van der Waals surface area contributed by atoms with E-state index in [4.69, 9.17) is 11.6 Å². The number of hydrogen-bond donors (Lipinski definition) is 2. The number of amides is 1. The summed E-state index contributed by atoms with van der Waals surface area (Å²) in [5, 5.41) is 5.97. The summed E-state index contributed by atoms with van der Waals surface area (Å²) in [6.45, 7) is 0.306. The third-order valence-electron chi connectivity index (χ3n) is 2.93. The van der Waals surface area contributed by atoms with Gasteiger partial charge in [0.15, 0.2) is 0 Å². The van der Waals surface area contributed by atoms with Crippen molar-refractivity contribution in [2.45, 2.75) is 6.54 Å². The first-order valence-corrected chi connectivity index (χ1v) is 7.38. The summed E-state index contributed by atoms with van der Waals surface area (Å²) < 4.78 is 14.5. The van der Waals surface area contributed by atoms with Crippen molar-refractivity contribution in [3.63, 3.8) is 0 Å². The van der Waals surface area contributed by atoms with Gasteiger partial charge in [-0.05, 0) is 36.4 Å². The van der Waals surface area contributed by atoms with E-state index in [1.165, 1.54) is 13.1 Å². The van der Waals surface area contributed by atoms with Crippen LogP contribution in [0.15, 0.2) is 40.9 Å². The zero-order valence-electron chi connectivity index (χ0n) is 11.2. The molecule has 0 atom stereocenters. The lowest BCUT2D eigenvalue weighted by atomic mass is 10.1. The zero-order valence-corrected chi connectivity index (χ0v) is 13.6. The van der Waals surface area contributed by atoms with Crippen LogP contribution in [0.1, 0.15) is 15.9 Å². The molecule has 2 aromatic rings. The number of halogens is 3. The maximum atomic E-state index is 13.7. The van der Waals surface area contributed by atoms with Crippen LogP contribution in [0.5, 0.6) is 0 Å². The van der Waals surface area contributed by atoms with E-state index in [1.807, 2.05) is 0 Å². The summed E-state index contributed by atoms with van der Waals surface area (Å²) in [6, 6.07) is 9.76. The molecule has 6 heteroatoms. The predicted molar refractivity (Wildman–Crippen MR) is 86.3 cm³/mol. The Morgan fingerprint density at radius 3 is 2.76 bits per heavy atom. The molecule has 2 N–H and O–H groups in total. The SMILES string of the molecule is CNC(=O)c1cc(NCc2cc(Br)ccc2F)ccc1Cl. The quantitative estimate of drug-likeness (QED) is 0.845. The van der Waals surface area contributed by atoms with Gasteiger partial charge < -0.3 is 10.6 Å². The second-order valence-corrected chi connectivity index (χ2v) is 5.69. The van der Waals surface area contributed by atoms with Crippen LogP contribution < -0.4 is 10.6 Å². The van der Waals surface area contributed by atoms with Crippen LogP contribution in [0.4, 0.5) is 10.1 Å². The number of hydrogen-bond acceptors (Lipinski definition) is 2. The van der Waals surface area contributed by atoms with E-state index in [2.05, 4.69) is 26.6 Å². The van der Waals surface area contributed by atoms with Gasteiger partial charge in [0.25, 0.3) is 5.91 Å². The molecule has 0 radical (unpaired) electrons. The van der Waals surface area contributed by atoms with Gasteiger partial charge in [-0.25, -0.2) is 4.39 Å². The van der Waals surface area contributed by atoms with Crippen LogP contribution in [-0.4, -0.2) is 13.0 Å². The molecule has 0 saturated carbocycles. The minimum Gasteiger partial charge on any atom is -0.381 e. The van der Waals surface area contributed by atoms with Crippen LogP contribution in [0.25, 0.3) is 0 Å². The van der Waals surface area contributed by atoms with Crippen LogP contribution in [0, 0.1) is 5.82 Å². The number of carbonyl (C=O) groups is 1. The normalized spacial score (nSPS) is 10.3. The fraction of sp³-hybridized carbons (Fsp3) is 0.133. The smallest absolute Gasteiger partial charge is 0.252 e. The predicted octanol–water partition coefficient (Wildman–Crippen LogP) is 4.21. The fourth-order valence-electron chi connectivity index (χ4n) is 1.82. The summed E-state index contributed by atoms with van der Waals surface area (Å²) in [6.07, 6.45) is 0. The molecule has 2 aromatic carbocycles. The molecular weight excluding hydrogens is 359 g/mol. The summed E-state index contributed by atoms with van der Waals surface area (Å²) in [7, 11) is 1.54. The van der Waals surface area contributed by atoms with Gasteiger partial charge in [-0.3, -0.25) is 4.79 Å². The molecule has 0 saturated heterocycles. The van der Waals surface area contributed by atoms with Crippen molar-refractivity contribution >= 4 is 39.1 Å². The lowest BCUT2D eigenvalue weighted by molar-refractivity contribution is 0.0963. The molecular formula is C15H13BrClFN2O. The molecule has 21 heavy (non-hydrogen) atoms. The van der Waals surface area contributed by atoms with E-state index in [-0.39, 0.29) is 11.7 Å². The highest BCUT2D eigenvalue weighted by Crippen LogP contribution is 2.22. The summed E-state index contributed by atoms with van der Waals surface area (Å²) in [4.78, 5) is 11.7. The Kier molecular flexibility index (Phi) is 5.20. The van der Waals surface area contributed by atoms with Crippen LogP contribution in [0.2, 0.25) is 5.02 Å². The van der Waals surface area contributed by atoms with Gasteiger partial charge in [0.2, 0.25) is 0 Å². The molecule has 110 valence electrons. The number of anilines is 1. The minimum atomic E-state index is -0.286. The van der Waals surface area contributed by atoms with Gasteiger partial charge in [0, 0.05) is 29.3 Å². The van der Waals surface area contributed by atoms with E-state index in [0.29, 0.717) is 28.4 Å². The standard InChI is InChI=1S/C15H13BrClFN2O/c1-19-15(21)12-7-11(3-4-13(12)17)20-8-9-6-10(16)2-5-14(9)18/h2-7,20H,8H2,1H3,(H,19,21). The second kappa shape index (κ2) is 6.91. The van der Waals surface area contributed by atoms with Crippen molar-refractivity contribution in [3.05, 3.63) is 62.8 Å². The molecule has 0 aromatic heterocycles. The number of rotatable bonds is 4. The van der Waals surface area contributed by atoms with Crippen molar-refractivity contribution in [2.75, 3.05) is 12.4 Å². The summed E-state index contributed by atoms with van der Waals surface area (Å²) in [5.74, 6) is -0.552. The second-order valence-electron chi connectivity index (χ2n) is 4.36. The van der Waals surface area contributed by atoms with Gasteiger partial charge in [-0.15, -0.1) is 0 Å². The third kappa shape index (κ3) is 3.95. The first kappa shape index (κ1) is 15.8. The van der Waals surface area contributed by atoms with E-state index in [1.54, 1.807) is 30.3 Å². The lowest BCUT2D eigenvalue weighted by Crippen LogP contribution is -2.18. The Morgan fingerprint density at radius 1 is 1.29 bits per heavy atom. The van der Waals surface area contributed by atoms with Gasteiger partial charge in [0.1, 0.15) is 5.82 Å². The Bertz CT molecular complexity index is 679. The van der Waals surface area contributed by atoms with Crippen LogP contribution in [-0.2, 0) is 6.54 Å². The van der Waals surface area contributed by atoms with Crippen molar-refractivity contribution in [3.8, 4) is 0 Å². The number of carbonyl (C=O) groups excluding carboxylic acids is 1. The van der Waals surface area contributed by atoms with Crippen LogP contribution >= 0.6 is 27.5 Å². The molecule has 0 aliphatic heterocycles. The monoisotopic (exact) mass is 370 g/mol. The largest absolute Gasteiger partial charge is 0.381 e. The number of benzene rings is 2. The highest BCUT2D eigenvalue weighted by Gasteiger charge is 2.10. The van der Waals surface area contributed by atoms with E-state index in [0.717, 1.165) is 4.47 Å². The first-order chi connectivity index (χ1) is 10.0. The molecule has 3 nitrogen and oxygen atoms in total. The molecule has 0 bridgehead atoms. The molecule has 0 aliphatic carbocycles. The third-order valence-corrected chi connectivity index (χ3v) is 3.75. The van der Waals surface area contributed by atoms with Crippen molar-refractivity contribution in [2.24, 2.45) is 0 Å². The molecule has 2 rings (SSSR count). The highest BCUT2D eigenvalue weighted by atomic mass is 79.9. The average Bonchev–Trinajstić information content (AvgIpc) is 2.48. The first-order valence-electron chi connectivity index (χ1n) is 6.20. The van der Waals surface area contributed by atoms with Gasteiger partial charge in [-0.1, -0.05) is 27.5 Å². The summed E-state index contributed by atoms with van der Waals surface area (Å²) >= 11 is 9.29. The van der Waals surface area contributed by atoms with E-state index < -0.39 is 0 Å². The zero-order chi connectivity index (χ0) is 15.4. The topological polar surface area (TPSA) is 41.1 Å². The van der Waals surface area contributed by atoms with Gasteiger partial charge >= 0.3 is 0 Å². The fourth-order valence-corrected chi connectivity index (χ4v) is 2.43.